The molecule has 3 aliphatic rings. The molecule has 1 spiro atoms. The molecule has 2 aliphatic carbocycles. The van der Waals surface area contributed by atoms with Crippen LogP contribution in [0.3, 0.4) is 0 Å². The van der Waals surface area contributed by atoms with Crippen LogP contribution in [-0.4, -0.2) is 19.7 Å². The molecule has 2 atom stereocenters. The molecule has 2 saturated carbocycles. The molecular weight excluding hydrogens is 1000 g/mol. The summed E-state index contributed by atoms with van der Waals surface area (Å²) >= 11 is 2.53. The van der Waals surface area contributed by atoms with Gasteiger partial charge in [0.2, 0.25) is 0 Å². The third kappa shape index (κ3) is 7.34. The van der Waals surface area contributed by atoms with E-state index in [1.54, 1.807) is 0 Å². The van der Waals surface area contributed by atoms with Gasteiger partial charge in [-0.1, -0.05) is 62.4 Å². The Morgan fingerprint density at radius 1 is 0.552 bits per heavy atom. The third-order valence-corrected chi connectivity index (χ3v) is 16.1. The molecule has 6 heteroatoms. The van der Waals surface area contributed by atoms with Gasteiger partial charge in [-0.2, -0.15) is 0 Å². The van der Waals surface area contributed by atoms with Crippen LogP contribution >= 0.6 is 0 Å². The van der Waals surface area contributed by atoms with Crippen molar-refractivity contribution in [1.29, 1.82) is 0 Å². The summed E-state index contributed by atoms with van der Waals surface area (Å²) in [4.78, 5) is 8.08. The van der Waals surface area contributed by atoms with Gasteiger partial charge in [0.1, 0.15) is 0 Å². The number of hydrogen-bond donors (Lipinski definition) is 0. The van der Waals surface area contributed by atoms with E-state index in [0.717, 1.165) is 43.5 Å². The van der Waals surface area contributed by atoms with Crippen LogP contribution in [-0.2, 0) is 19.4 Å². The summed E-state index contributed by atoms with van der Waals surface area (Å²) < 4.78 is 12.9. The molecule has 0 amide bonds. The van der Waals surface area contributed by atoms with Crippen molar-refractivity contribution in [2.45, 2.75) is 76.2 Å². The van der Waals surface area contributed by atoms with Crippen molar-refractivity contribution in [2.75, 3.05) is 4.90 Å². The van der Waals surface area contributed by atoms with E-state index >= 15 is 0 Å². The first-order chi connectivity index (χ1) is 33.1. The fourth-order valence-electron chi connectivity index (χ4n) is 12.2. The predicted molar refractivity (Wildman–Crippen MR) is 270 cm³/mol. The summed E-state index contributed by atoms with van der Waals surface area (Å²) in [6.45, 7) is 2.25. The number of pyridine rings is 1. The maximum absolute atomic E-state index is 7.03. The number of anilines is 2. The van der Waals surface area contributed by atoms with Crippen molar-refractivity contribution in [1.82, 2.24) is 14.1 Å². The minimum absolute atomic E-state index is 0.0314. The Kier molecular flexibility index (Phi) is 11.0. The van der Waals surface area contributed by atoms with Gasteiger partial charge in [0.05, 0.1) is 0 Å². The third-order valence-electron chi connectivity index (χ3n) is 15.1. The van der Waals surface area contributed by atoms with Crippen LogP contribution in [0.1, 0.15) is 74.8 Å². The standard InChI is InChI=1S/C61H54N4O.Pt/c1-43-38-59(62-41-54(43)46-24-10-4-11-25-46)65-58-40-49(34-35-53(58)52-28-12-13-31-55(52)61(65)36-16-5-17-37-61)66-48-27-18-26-47(39-48)63-42-64(57-33-15-14-32-56(57)63)60-50(44-20-6-2-7-21-44)29-19-30-51(60)45-22-8-3-9-23-45;/h2-4,6-11,14-15,18-27,29-30,32-35,38-41,52,55H,5,12-13,16-17,28,31,36-37H2,1H3;. The summed E-state index contributed by atoms with van der Waals surface area (Å²) in [5.74, 6) is 3.88. The number of aryl methyl sites for hydroxylation is 1. The van der Waals surface area contributed by atoms with Crippen LogP contribution in [0.5, 0.6) is 11.5 Å². The quantitative estimate of drug-likeness (QED) is 0.152. The number of aromatic nitrogens is 3. The zero-order valence-corrected chi connectivity index (χ0v) is 40.2. The van der Waals surface area contributed by atoms with Crippen molar-refractivity contribution in [3.8, 4) is 56.3 Å². The fraction of sp³-hybridized carbons (Fsp3) is 0.213. The molecule has 1 aliphatic heterocycles. The number of rotatable bonds is 8. The first kappa shape index (κ1) is 41.8. The van der Waals surface area contributed by atoms with E-state index in [-0.39, 0.29) is 5.54 Å². The van der Waals surface area contributed by atoms with Crippen LogP contribution in [0.4, 0.5) is 11.5 Å². The molecule has 0 N–H and O–H groups in total. The van der Waals surface area contributed by atoms with Crippen molar-refractivity contribution in [3.63, 3.8) is 0 Å². The molecule has 0 bridgehead atoms. The average Bonchev–Trinajstić information content (AvgIpc) is 3.68. The SMILES string of the molecule is Cc1cc(N2c3cc(Oc4cccc(-n5[c](=[Pt])n(-c6c(-c7ccccc7)cccc6-c6ccccc6)c6ccccc65)c4)ccc3C3CCCCC3C23CCCCC3)ncc1-c1ccccc1. The van der Waals surface area contributed by atoms with Gasteiger partial charge in [-0.25, -0.2) is 0 Å². The minimum Gasteiger partial charge on any atom is -0.0622 e. The van der Waals surface area contributed by atoms with Crippen LogP contribution < -0.4 is 9.64 Å². The van der Waals surface area contributed by atoms with Gasteiger partial charge in [-0.05, 0) is 24.5 Å². The molecule has 2 unspecified atom stereocenters. The molecule has 12 rings (SSSR count). The molecule has 2 fully saturated rings. The number of fused-ring (bicyclic) bond motifs is 5. The molecule has 2 aromatic heterocycles. The maximum atomic E-state index is 7.03. The van der Waals surface area contributed by atoms with E-state index in [1.807, 2.05) is 0 Å². The first-order valence-electron chi connectivity index (χ1n) is 24.2. The van der Waals surface area contributed by atoms with E-state index < -0.39 is 0 Å². The van der Waals surface area contributed by atoms with Gasteiger partial charge in [-0.15, -0.1) is 0 Å². The molecule has 3 heterocycles. The molecule has 67 heavy (non-hydrogen) atoms. The van der Waals surface area contributed by atoms with Crippen molar-refractivity contribution >= 4 is 22.5 Å². The minimum atomic E-state index is 0.0314. The molecule has 334 valence electrons. The number of hydrogen-bond acceptors (Lipinski definition) is 3. The van der Waals surface area contributed by atoms with E-state index in [2.05, 4.69) is 228 Å². The van der Waals surface area contributed by atoms with Crippen molar-refractivity contribution < 1.29 is 24.1 Å². The van der Waals surface area contributed by atoms with Crippen LogP contribution in [0.2, 0.25) is 0 Å². The van der Waals surface area contributed by atoms with Crippen molar-refractivity contribution in [3.05, 3.63) is 203 Å². The van der Waals surface area contributed by atoms with Gasteiger partial charge in [-0.3, -0.25) is 0 Å². The molecule has 7 aromatic carbocycles. The smallest absolute Gasteiger partial charge is 0.0622 e. The van der Waals surface area contributed by atoms with Crippen LogP contribution in [0.15, 0.2) is 188 Å². The van der Waals surface area contributed by atoms with Crippen LogP contribution in [0.25, 0.3) is 55.8 Å². The summed E-state index contributed by atoms with van der Waals surface area (Å²) in [7, 11) is 0. The second kappa shape index (κ2) is 17.6. The summed E-state index contributed by atoms with van der Waals surface area (Å²) in [6.07, 6.45) is 13.5. The molecule has 5 nitrogen and oxygen atoms in total. The molecule has 0 saturated heterocycles. The monoisotopic (exact) mass is 1050 g/mol. The Labute approximate surface area is 404 Å². The normalized spacial score (nSPS) is 17.6. The van der Waals surface area contributed by atoms with Gasteiger partial charge in [0, 0.05) is 11.8 Å². The van der Waals surface area contributed by atoms with Crippen molar-refractivity contribution in [2.24, 2.45) is 5.92 Å². The van der Waals surface area contributed by atoms with Gasteiger partial charge in [0.25, 0.3) is 0 Å². The second-order valence-electron chi connectivity index (χ2n) is 18.9. The van der Waals surface area contributed by atoms with Gasteiger partial charge >= 0.3 is 308 Å². The summed E-state index contributed by atoms with van der Waals surface area (Å²) in [5.41, 5.74) is 15.6. The predicted octanol–water partition coefficient (Wildman–Crippen LogP) is 16.1. The van der Waals surface area contributed by atoms with E-state index in [0.29, 0.717) is 11.8 Å². The summed E-state index contributed by atoms with van der Waals surface area (Å²) in [5, 5.41) is 0. The topological polar surface area (TPSA) is 35.2 Å². The number of imidazole rings is 1. The summed E-state index contributed by atoms with van der Waals surface area (Å²) in [6, 6.07) is 65.6. The zero-order chi connectivity index (χ0) is 44.9. The first-order valence-corrected chi connectivity index (χ1v) is 25.4. The van der Waals surface area contributed by atoms with Gasteiger partial charge in [0.15, 0.2) is 0 Å². The Morgan fingerprint density at radius 2 is 1.15 bits per heavy atom. The van der Waals surface area contributed by atoms with Crippen LogP contribution in [0, 0.1) is 16.6 Å². The number of benzene rings is 7. The van der Waals surface area contributed by atoms with E-state index in [4.69, 9.17) is 9.72 Å². The number of para-hydroxylation sites is 3. The number of ether oxygens (including phenoxy) is 1. The Balaban J connectivity index is 0.968. The van der Waals surface area contributed by atoms with E-state index in [9.17, 15) is 0 Å². The zero-order valence-electron chi connectivity index (χ0n) is 37.9. The Hall–Kier alpha value is -6.55. The number of nitrogens with zero attached hydrogens (tertiary/aromatic N) is 4. The Morgan fingerprint density at radius 3 is 1.82 bits per heavy atom. The van der Waals surface area contributed by atoms with Gasteiger partial charge < -0.3 is 0 Å². The molecule has 9 aromatic rings. The Bertz CT molecular complexity index is 3260. The fourth-order valence-corrected chi connectivity index (χ4v) is 13.3. The molecule has 0 radical (unpaired) electrons. The molecular formula is C61H54N4OPt. The van der Waals surface area contributed by atoms with E-state index in [1.165, 1.54) is 108 Å². The average molecular weight is 1050 g/mol. The second-order valence-corrected chi connectivity index (χ2v) is 19.9.